The molecule has 1 saturated heterocycles. The van der Waals surface area contributed by atoms with Gasteiger partial charge in [0.15, 0.2) is 0 Å². The van der Waals surface area contributed by atoms with Gasteiger partial charge >= 0.3 is 12.1 Å². The van der Waals surface area contributed by atoms with E-state index in [0.717, 1.165) is 32.4 Å². The van der Waals surface area contributed by atoms with Gasteiger partial charge in [-0.05, 0) is 31.4 Å². The van der Waals surface area contributed by atoms with Crippen LogP contribution in [-0.2, 0) is 11.0 Å². The molecule has 2 aromatic rings. The summed E-state index contributed by atoms with van der Waals surface area (Å²) in [5, 5.41) is 5.24. The van der Waals surface area contributed by atoms with Crippen molar-refractivity contribution in [2.75, 3.05) is 26.7 Å². The lowest BCUT2D eigenvalue weighted by atomic mass is 10.0. The maximum Gasteiger partial charge on any atom is 0.471 e. The molecule has 0 atom stereocenters. The summed E-state index contributed by atoms with van der Waals surface area (Å²) in [4.78, 5) is 23.5. The second kappa shape index (κ2) is 8.91. The molecule has 29 heavy (non-hydrogen) atoms. The van der Waals surface area contributed by atoms with E-state index in [1.54, 1.807) is 19.2 Å². The van der Waals surface area contributed by atoms with Gasteiger partial charge in [0.2, 0.25) is 5.82 Å². The van der Waals surface area contributed by atoms with Gasteiger partial charge in [0.25, 0.3) is 5.91 Å². The number of nitrogens with zero attached hydrogens (tertiary/aromatic N) is 4. The van der Waals surface area contributed by atoms with E-state index >= 15 is 0 Å². The highest BCUT2D eigenvalue weighted by Crippen LogP contribution is 2.29. The Morgan fingerprint density at radius 3 is 2.45 bits per heavy atom. The Morgan fingerprint density at radius 1 is 1.28 bits per heavy atom. The Morgan fingerprint density at radius 2 is 1.93 bits per heavy atom. The maximum absolute atomic E-state index is 13.1. The molecule has 158 valence electrons. The van der Waals surface area contributed by atoms with Crippen LogP contribution in [-0.4, -0.2) is 58.8 Å². The minimum absolute atomic E-state index is 0.0987. The number of alkyl halides is 3. The second-order valence-corrected chi connectivity index (χ2v) is 6.84. The van der Waals surface area contributed by atoms with Crippen molar-refractivity contribution in [3.63, 3.8) is 0 Å². The van der Waals surface area contributed by atoms with Gasteiger partial charge in [0.05, 0.1) is 7.11 Å². The van der Waals surface area contributed by atoms with Crippen LogP contribution >= 0.6 is 0 Å². The lowest BCUT2D eigenvalue weighted by molar-refractivity contribution is -0.159. The van der Waals surface area contributed by atoms with Gasteiger partial charge < -0.3 is 14.3 Å². The van der Waals surface area contributed by atoms with Crippen LogP contribution in [0.15, 0.2) is 28.8 Å². The molecule has 0 bridgehead atoms. The number of hydrogen-bond acceptors (Lipinski definition) is 6. The van der Waals surface area contributed by atoms with Crippen LogP contribution in [0.5, 0.6) is 0 Å². The molecule has 1 aromatic heterocycles. The minimum Gasteiger partial charge on any atom is -0.336 e. The smallest absolute Gasteiger partial charge is 0.336 e. The molecular formula is C19H23F3N4O3. The predicted molar refractivity (Wildman–Crippen MR) is 97.7 cm³/mol. The van der Waals surface area contributed by atoms with Crippen molar-refractivity contribution >= 4 is 5.91 Å². The SMILES string of the molecule is CCCN(C(=O)c1ccc(-c2noc(C(F)(F)F)n2)cc1)C1CCN(OC)CC1. The number of rotatable bonds is 6. The van der Waals surface area contributed by atoms with E-state index in [4.69, 9.17) is 4.84 Å². The molecular weight excluding hydrogens is 389 g/mol. The summed E-state index contributed by atoms with van der Waals surface area (Å²) in [6, 6.07) is 6.33. The Bertz CT molecular complexity index is 815. The quantitative estimate of drug-likeness (QED) is 0.722. The van der Waals surface area contributed by atoms with Gasteiger partial charge in [-0.2, -0.15) is 23.2 Å². The van der Waals surface area contributed by atoms with Crippen LogP contribution < -0.4 is 0 Å². The molecule has 1 aliphatic heterocycles. The zero-order valence-corrected chi connectivity index (χ0v) is 16.3. The fourth-order valence-corrected chi connectivity index (χ4v) is 3.41. The largest absolute Gasteiger partial charge is 0.471 e. The number of benzene rings is 1. The molecule has 10 heteroatoms. The van der Waals surface area contributed by atoms with Gasteiger partial charge in [-0.25, -0.2) is 0 Å². The van der Waals surface area contributed by atoms with Crippen molar-refractivity contribution in [1.29, 1.82) is 0 Å². The Hall–Kier alpha value is -2.46. The molecule has 2 heterocycles. The van der Waals surface area contributed by atoms with Crippen molar-refractivity contribution in [2.24, 2.45) is 0 Å². The molecule has 0 aliphatic carbocycles. The number of piperidine rings is 1. The van der Waals surface area contributed by atoms with Gasteiger partial charge in [-0.15, -0.1) is 0 Å². The number of carbonyl (C=O) groups excluding carboxylic acids is 1. The number of hydrogen-bond donors (Lipinski definition) is 0. The van der Waals surface area contributed by atoms with E-state index in [1.807, 2.05) is 16.9 Å². The van der Waals surface area contributed by atoms with Crippen LogP contribution in [0.25, 0.3) is 11.4 Å². The molecule has 1 fully saturated rings. The lowest BCUT2D eigenvalue weighted by Crippen LogP contribution is -2.47. The van der Waals surface area contributed by atoms with Gasteiger partial charge in [-0.1, -0.05) is 24.2 Å². The predicted octanol–water partition coefficient (Wildman–Crippen LogP) is 3.63. The average Bonchev–Trinajstić information content (AvgIpc) is 3.23. The van der Waals surface area contributed by atoms with Crippen molar-refractivity contribution in [2.45, 2.75) is 38.4 Å². The molecule has 1 aromatic carbocycles. The number of halogens is 3. The summed E-state index contributed by atoms with van der Waals surface area (Å²) in [5.74, 6) is -1.67. The van der Waals surface area contributed by atoms with Crippen LogP contribution in [0.2, 0.25) is 0 Å². The average molecular weight is 412 g/mol. The zero-order valence-electron chi connectivity index (χ0n) is 16.3. The fraction of sp³-hybridized carbons (Fsp3) is 0.526. The Balaban J connectivity index is 1.73. The highest BCUT2D eigenvalue weighted by molar-refractivity contribution is 5.94. The zero-order chi connectivity index (χ0) is 21.0. The van der Waals surface area contributed by atoms with Crippen molar-refractivity contribution < 1.29 is 27.3 Å². The van der Waals surface area contributed by atoms with Gasteiger partial charge in [-0.3, -0.25) is 4.79 Å². The highest BCUT2D eigenvalue weighted by atomic mass is 19.4. The summed E-state index contributed by atoms with van der Waals surface area (Å²) >= 11 is 0. The first-order valence-corrected chi connectivity index (χ1v) is 9.44. The van der Waals surface area contributed by atoms with E-state index in [2.05, 4.69) is 14.7 Å². The Labute approximate surface area is 166 Å². The first kappa shape index (κ1) is 21.3. The first-order chi connectivity index (χ1) is 13.8. The molecule has 0 saturated carbocycles. The van der Waals surface area contributed by atoms with Crippen molar-refractivity contribution in [3.8, 4) is 11.4 Å². The van der Waals surface area contributed by atoms with Crippen LogP contribution in [0, 0.1) is 0 Å². The molecule has 0 N–H and O–H groups in total. The normalized spacial score (nSPS) is 16.2. The standard InChI is InChI=1S/C19H23F3N4O3/c1-3-10-26(15-8-11-25(28-2)12-9-15)17(27)14-6-4-13(5-7-14)16-23-18(29-24-16)19(20,21)22/h4-7,15H,3,8-12H2,1-2H3. The third kappa shape index (κ3) is 4.94. The minimum atomic E-state index is -4.69. The molecule has 0 unspecified atom stereocenters. The van der Waals surface area contributed by atoms with Crippen LogP contribution in [0.3, 0.4) is 0 Å². The van der Waals surface area contributed by atoms with Crippen LogP contribution in [0.1, 0.15) is 42.4 Å². The molecule has 7 nitrogen and oxygen atoms in total. The summed E-state index contributed by atoms with van der Waals surface area (Å²) < 4.78 is 42.1. The Kier molecular flexibility index (Phi) is 6.53. The summed E-state index contributed by atoms with van der Waals surface area (Å²) in [6.07, 6.45) is -2.22. The number of carbonyl (C=O) groups is 1. The van der Waals surface area contributed by atoms with Crippen molar-refractivity contribution in [3.05, 3.63) is 35.7 Å². The van der Waals surface area contributed by atoms with E-state index in [-0.39, 0.29) is 17.8 Å². The third-order valence-electron chi connectivity index (χ3n) is 4.91. The molecule has 1 amide bonds. The molecule has 1 aliphatic rings. The van der Waals surface area contributed by atoms with Crippen molar-refractivity contribution in [1.82, 2.24) is 20.1 Å². The monoisotopic (exact) mass is 412 g/mol. The second-order valence-electron chi connectivity index (χ2n) is 6.84. The van der Waals surface area contributed by atoms with Crippen LogP contribution in [0.4, 0.5) is 13.2 Å². The third-order valence-corrected chi connectivity index (χ3v) is 4.91. The fourth-order valence-electron chi connectivity index (χ4n) is 3.41. The van der Waals surface area contributed by atoms with E-state index in [0.29, 0.717) is 17.7 Å². The summed E-state index contributed by atoms with van der Waals surface area (Å²) in [7, 11) is 1.64. The topological polar surface area (TPSA) is 71.7 Å². The first-order valence-electron chi connectivity index (χ1n) is 9.44. The van der Waals surface area contributed by atoms with Gasteiger partial charge in [0, 0.05) is 36.8 Å². The lowest BCUT2D eigenvalue weighted by Gasteiger charge is -2.37. The maximum atomic E-state index is 13.1. The molecule has 0 radical (unpaired) electrons. The highest BCUT2D eigenvalue weighted by Gasteiger charge is 2.38. The summed E-state index contributed by atoms with van der Waals surface area (Å²) in [6.45, 7) is 4.17. The van der Waals surface area contributed by atoms with E-state index in [9.17, 15) is 18.0 Å². The summed E-state index contributed by atoms with van der Waals surface area (Å²) in [5.41, 5.74) is 0.812. The number of amides is 1. The van der Waals surface area contributed by atoms with E-state index < -0.39 is 12.1 Å². The molecule has 3 rings (SSSR count). The number of aromatic nitrogens is 2. The van der Waals surface area contributed by atoms with Gasteiger partial charge in [0.1, 0.15) is 0 Å². The molecule has 0 spiro atoms. The van der Waals surface area contributed by atoms with E-state index in [1.165, 1.54) is 12.1 Å². The number of hydroxylamine groups is 2.